The quantitative estimate of drug-likeness (QED) is 0.675. The van der Waals surface area contributed by atoms with Crippen molar-refractivity contribution in [2.24, 2.45) is 0 Å². The van der Waals surface area contributed by atoms with Gasteiger partial charge in [0.15, 0.2) is 0 Å². The predicted octanol–water partition coefficient (Wildman–Crippen LogP) is 2.98. The second kappa shape index (κ2) is 8.75. The lowest BCUT2D eigenvalue weighted by Crippen LogP contribution is -2.13. The van der Waals surface area contributed by atoms with Crippen molar-refractivity contribution in [1.82, 2.24) is 20.0 Å². The summed E-state index contributed by atoms with van der Waals surface area (Å²) in [4.78, 5) is 16.1. The van der Waals surface area contributed by atoms with Crippen molar-refractivity contribution in [3.05, 3.63) is 66.1 Å². The van der Waals surface area contributed by atoms with Crippen LogP contribution in [0, 0.1) is 6.92 Å². The molecule has 2 heterocycles. The number of rotatable bonds is 8. The largest absolute Gasteiger partial charge is 0.487 e. The van der Waals surface area contributed by atoms with E-state index in [-0.39, 0.29) is 5.91 Å². The fourth-order valence-electron chi connectivity index (χ4n) is 2.34. The minimum Gasteiger partial charge on any atom is -0.487 e. The molecular weight excluding hydrogens is 330 g/mol. The Morgan fingerprint density at radius 3 is 2.81 bits per heavy atom. The van der Waals surface area contributed by atoms with Crippen LogP contribution in [0.5, 0.6) is 5.75 Å². The highest BCUT2D eigenvalue weighted by molar-refractivity contribution is 5.89. The van der Waals surface area contributed by atoms with Gasteiger partial charge in [-0.05, 0) is 37.1 Å². The molecule has 3 aromatic rings. The average molecular weight is 351 g/mol. The first kappa shape index (κ1) is 17.6. The van der Waals surface area contributed by atoms with Gasteiger partial charge in [0.1, 0.15) is 23.9 Å². The topological polar surface area (TPSA) is 81.9 Å². The summed E-state index contributed by atoms with van der Waals surface area (Å²) < 4.78 is 7.36. The Bertz CT molecular complexity index is 831. The zero-order chi connectivity index (χ0) is 18.2. The van der Waals surface area contributed by atoms with E-state index in [4.69, 9.17) is 4.74 Å². The van der Waals surface area contributed by atoms with Gasteiger partial charge in [-0.3, -0.25) is 9.48 Å². The Labute approximate surface area is 152 Å². The molecule has 0 fully saturated rings. The molecule has 1 aromatic carbocycles. The monoisotopic (exact) mass is 351 g/mol. The maximum Gasteiger partial charge on any atom is 0.225 e. The average Bonchev–Trinajstić information content (AvgIpc) is 3.11. The Morgan fingerprint density at radius 1 is 1.19 bits per heavy atom. The normalized spacial score (nSPS) is 10.5. The molecular formula is C19H21N5O2. The standard InChI is InChI=1S/C19H21N5O2/c1-15-9-10-18(20-12-15)21-19(25)8-5-11-24-13-16(22-23-24)14-26-17-6-3-2-4-7-17/h2-4,6-7,9-10,12-13H,5,8,11,14H2,1H3,(H,20,21,25). The molecule has 0 aliphatic carbocycles. The van der Waals surface area contributed by atoms with Crippen LogP contribution in [0.3, 0.4) is 0 Å². The van der Waals surface area contributed by atoms with E-state index in [9.17, 15) is 4.79 Å². The molecule has 0 radical (unpaired) electrons. The number of nitrogens with zero attached hydrogens (tertiary/aromatic N) is 4. The molecule has 0 unspecified atom stereocenters. The molecule has 0 saturated heterocycles. The number of nitrogens with one attached hydrogen (secondary N) is 1. The number of para-hydroxylation sites is 1. The van der Waals surface area contributed by atoms with Gasteiger partial charge >= 0.3 is 0 Å². The van der Waals surface area contributed by atoms with Gasteiger partial charge in [0.25, 0.3) is 0 Å². The molecule has 0 spiro atoms. The molecule has 1 N–H and O–H groups in total. The van der Waals surface area contributed by atoms with E-state index in [0.717, 1.165) is 17.0 Å². The van der Waals surface area contributed by atoms with E-state index in [1.807, 2.05) is 49.5 Å². The van der Waals surface area contributed by atoms with Crippen LogP contribution in [-0.2, 0) is 17.9 Å². The highest BCUT2D eigenvalue weighted by Gasteiger charge is 2.05. The number of ether oxygens (including phenoxy) is 1. The molecule has 134 valence electrons. The maximum absolute atomic E-state index is 11.9. The number of aryl methyl sites for hydroxylation is 2. The van der Waals surface area contributed by atoms with E-state index in [0.29, 0.717) is 31.8 Å². The molecule has 3 rings (SSSR count). The Hall–Kier alpha value is -3.22. The first-order valence-corrected chi connectivity index (χ1v) is 8.48. The van der Waals surface area contributed by atoms with Gasteiger partial charge in [-0.15, -0.1) is 5.10 Å². The summed E-state index contributed by atoms with van der Waals surface area (Å²) >= 11 is 0. The highest BCUT2D eigenvalue weighted by atomic mass is 16.5. The van der Waals surface area contributed by atoms with Gasteiger partial charge < -0.3 is 10.1 Å². The van der Waals surface area contributed by atoms with Gasteiger partial charge in [-0.25, -0.2) is 4.98 Å². The van der Waals surface area contributed by atoms with E-state index < -0.39 is 0 Å². The molecule has 2 aromatic heterocycles. The number of carbonyl (C=O) groups excluding carboxylic acids is 1. The Kier molecular flexibility index (Phi) is 5.92. The third-order valence-corrected chi connectivity index (χ3v) is 3.69. The fourth-order valence-corrected chi connectivity index (χ4v) is 2.34. The van der Waals surface area contributed by atoms with E-state index in [1.54, 1.807) is 16.9 Å². The molecule has 26 heavy (non-hydrogen) atoms. The minimum atomic E-state index is -0.0610. The van der Waals surface area contributed by atoms with E-state index in [1.165, 1.54) is 0 Å². The van der Waals surface area contributed by atoms with Crippen molar-refractivity contribution in [2.45, 2.75) is 32.9 Å². The van der Waals surface area contributed by atoms with Crippen LogP contribution in [0.15, 0.2) is 54.9 Å². The molecule has 0 saturated carbocycles. The van der Waals surface area contributed by atoms with Crippen LogP contribution >= 0.6 is 0 Å². The zero-order valence-electron chi connectivity index (χ0n) is 14.6. The van der Waals surface area contributed by atoms with Crippen LogP contribution in [-0.4, -0.2) is 25.9 Å². The molecule has 1 amide bonds. The maximum atomic E-state index is 11.9. The van der Waals surface area contributed by atoms with Crippen molar-refractivity contribution >= 4 is 11.7 Å². The summed E-state index contributed by atoms with van der Waals surface area (Å²) in [5.74, 6) is 1.30. The Balaban J connectivity index is 1.39. The second-order valence-corrected chi connectivity index (χ2v) is 5.95. The number of benzene rings is 1. The lowest BCUT2D eigenvalue weighted by atomic mass is 10.3. The van der Waals surface area contributed by atoms with Gasteiger partial charge in [0, 0.05) is 19.2 Å². The number of carbonyl (C=O) groups is 1. The zero-order valence-corrected chi connectivity index (χ0v) is 14.6. The van der Waals surface area contributed by atoms with E-state index >= 15 is 0 Å². The lowest BCUT2D eigenvalue weighted by molar-refractivity contribution is -0.116. The van der Waals surface area contributed by atoms with Crippen molar-refractivity contribution in [3.8, 4) is 5.75 Å². The van der Waals surface area contributed by atoms with Crippen molar-refractivity contribution in [1.29, 1.82) is 0 Å². The number of amides is 1. The first-order chi connectivity index (χ1) is 12.7. The number of hydrogen-bond acceptors (Lipinski definition) is 5. The Morgan fingerprint density at radius 2 is 2.04 bits per heavy atom. The molecule has 0 aliphatic heterocycles. The fraction of sp³-hybridized carbons (Fsp3) is 0.263. The van der Waals surface area contributed by atoms with Crippen LogP contribution in [0.25, 0.3) is 0 Å². The van der Waals surface area contributed by atoms with E-state index in [2.05, 4.69) is 20.6 Å². The minimum absolute atomic E-state index is 0.0610. The van der Waals surface area contributed by atoms with Gasteiger partial charge in [-0.2, -0.15) is 0 Å². The SMILES string of the molecule is Cc1ccc(NC(=O)CCCn2cc(COc3ccccc3)nn2)nc1. The van der Waals surface area contributed by atoms with Crippen LogP contribution in [0.1, 0.15) is 24.1 Å². The van der Waals surface area contributed by atoms with Crippen molar-refractivity contribution in [2.75, 3.05) is 5.32 Å². The lowest BCUT2D eigenvalue weighted by Gasteiger charge is -2.04. The van der Waals surface area contributed by atoms with Crippen LogP contribution < -0.4 is 10.1 Å². The third kappa shape index (κ3) is 5.41. The summed E-state index contributed by atoms with van der Waals surface area (Å²) in [5.41, 5.74) is 1.81. The summed E-state index contributed by atoms with van der Waals surface area (Å²) in [6.07, 6.45) is 4.62. The van der Waals surface area contributed by atoms with Crippen LogP contribution in [0.2, 0.25) is 0 Å². The van der Waals surface area contributed by atoms with Crippen molar-refractivity contribution in [3.63, 3.8) is 0 Å². The van der Waals surface area contributed by atoms with Gasteiger partial charge in [0.2, 0.25) is 5.91 Å². The van der Waals surface area contributed by atoms with Gasteiger partial charge in [0.05, 0.1) is 6.20 Å². The number of anilines is 1. The number of pyridine rings is 1. The highest BCUT2D eigenvalue weighted by Crippen LogP contribution is 2.10. The molecule has 0 bridgehead atoms. The van der Waals surface area contributed by atoms with Crippen molar-refractivity contribution < 1.29 is 9.53 Å². The van der Waals surface area contributed by atoms with Gasteiger partial charge in [-0.1, -0.05) is 29.5 Å². The third-order valence-electron chi connectivity index (χ3n) is 3.69. The number of aromatic nitrogens is 4. The molecule has 0 aliphatic rings. The molecule has 0 atom stereocenters. The molecule has 7 heteroatoms. The summed E-state index contributed by atoms with van der Waals surface area (Å²) in [6.45, 7) is 2.94. The molecule has 7 nitrogen and oxygen atoms in total. The second-order valence-electron chi connectivity index (χ2n) is 5.95. The number of hydrogen-bond donors (Lipinski definition) is 1. The smallest absolute Gasteiger partial charge is 0.225 e. The van der Waals surface area contributed by atoms with Crippen LogP contribution in [0.4, 0.5) is 5.82 Å². The first-order valence-electron chi connectivity index (χ1n) is 8.48. The predicted molar refractivity (Wildman–Crippen MR) is 97.6 cm³/mol. The summed E-state index contributed by atoms with van der Waals surface area (Å²) in [5, 5.41) is 10.9. The summed E-state index contributed by atoms with van der Waals surface area (Å²) in [6, 6.07) is 13.3. The summed E-state index contributed by atoms with van der Waals surface area (Å²) in [7, 11) is 0.